The van der Waals surface area contributed by atoms with Gasteiger partial charge in [0.15, 0.2) is 0 Å². The van der Waals surface area contributed by atoms with Crippen LogP contribution in [-0.4, -0.2) is 19.0 Å². The van der Waals surface area contributed by atoms with Gasteiger partial charge in [-0.3, -0.25) is 4.79 Å². The highest BCUT2D eigenvalue weighted by molar-refractivity contribution is 6.35. The van der Waals surface area contributed by atoms with Crippen LogP contribution < -0.4 is 10.6 Å². The Kier molecular flexibility index (Phi) is 7.21. The van der Waals surface area contributed by atoms with E-state index in [-0.39, 0.29) is 35.3 Å². The maximum Gasteiger partial charge on any atom is 0.224 e. The standard InChI is InChI=1S/C14H17Cl2FN2O.ClH/c1-8(10-5-13(17)12(16)6-11(10)15)19-14(20)9-3-2-4-18-7-9;/h5-6,8-9,18H,2-4,7H2,1H3,(H,19,20);1H. The number of piperidine rings is 1. The average Bonchev–Trinajstić information content (AvgIpc) is 2.43. The second-order valence-electron chi connectivity index (χ2n) is 5.06. The monoisotopic (exact) mass is 354 g/mol. The summed E-state index contributed by atoms with van der Waals surface area (Å²) in [6, 6.07) is 2.27. The number of nitrogens with one attached hydrogen (secondary N) is 2. The van der Waals surface area contributed by atoms with Gasteiger partial charge in [-0.1, -0.05) is 23.2 Å². The van der Waals surface area contributed by atoms with Gasteiger partial charge < -0.3 is 10.6 Å². The number of halogens is 4. The second-order valence-corrected chi connectivity index (χ2v) is 5.88. The number of hydrogen-bond donors (Lipinski definition) is 2. The molecule has 0 aromatic heterocycles. The molecule has 0 spiro atoms. The highest BCUT2D eigenvalue weighted by atomic mass is 35.5. The van der Waals surface area contributed by atoms with Crippen LogP contribution in [0.25, 0.3) is 0 Å². The third-order valence-corrected chi connectivity index (χ3v) is 4.15. The van der Waals surface area contributed by atoms with Crippen LogP contribution in [0.2, 0.25) is 10.0 Å². The van der Waals surface area contributed by atoms with Gasteiger partial charge in [0.25, 0.3) is 0 Å². The maximum absolute atomic E-state index is 13.5. The summed E-state index contributed by atoms with van der Waals surface area (Å²) in [6.07, 6.45) is 1.86. The third-order valence-electron chi connectivity index (χ3n) is 3.53. The van der Waals surface area contributed by atoms with Gasteiger partial charge in [0, 0.05) is 11.6 Å². The first-order valence-corrected chi connectivity index (χ1v) is 7.40. The van der Waals surface area contributed by atoms with E-state index < -0.39 is 5.82 Å². The van der Waals surface area contributed by atoms with Gasteiger partial charge in [-0.15, -0.1) is 12.4 Å². The number of carbonyl (C=O) groups is 1. The first-order valence-electron chi connectivity index (χ1n) is 6.64. The molecule has 1 aliphatic heterocycles. The fourth-order valence-electron chi connectivity index (χ4n) is 2.35. The predicted octanol–water partition coefficient (Wildman–Crippen LogP) is 3.73. The van der Waals surface area contributed by atoms with Crippen molar-refractivity contribution in [2.45, 2.75) is 25.8 Å². The summed E-state index contributed by atoms with van der Waals surface area (Å²) in [4.78, 5) is 12.1. The molecule has 2 N–H and O–H groups in total. The van der Waals surface area contributed by atoms with Gasteiger partial charge >= 0.3 is 0 Å². The summed E-state index contributed by atoms with van der Waals surface area (Å²) in [5, 5.41) is 6.41. The van der Waals surface area contributed by atoms with Crippen LogP contribution in [0.15, 0.2) is 12.1 Å². The van der Waals surface area contributed by atoms with E-state index in [1.54, 1.807) is 6.92 Å². The van der Waals surface area contributed by atoms with Gasteiger partial charge in [-0.2, -0.15) is 0 Å². The smallest absolute Gasteiger partial charge is 0.224 e. The van der Waals surface area contributed by atoms with Crippen LogP contribution in [0.5, 0.6) is 0 Å². The summed E-state index contributed by atoms with van der Waals surface area (Å²) >= 11 is 11.7. The quantitative estimate of drug-likeness (QED) is 0.811. The van der Waals surface area contributed by atoms with Crippen molar-refractivity contribution < 1.29 is 9.18 Å². The third kappa shape index (κ3) is 4.71. The molecule has 0 aliphatic carbocycles. The van der Waals surface area contributed by atoms with Crippen LogP contribution >= 0.6 is 35.6 Å². The maximum atomic E-state index is 13.5. The molecule has 7 heteroatoms. The molecular formula is C14H18Cl3FN2O. The zero-order valence-electron chi connectivity index (χ0n) is 11.6. The van der Waals surface area contributed by atoms with Gasteiger partial charge in [0.05, 0.1) is 17.0 Å². The topological polar surface area (TPSA) is 41.1 Å². The van der Waals surface area contributed by atoms with Crippen molar-refractivity contribution in [2.75, 3.05) is 13.1 Å². The highest BCUT2D eigenvalue weighted by Crippen LogP contribution is 2.28. The van der Waals surface area contributed by atoms with Gasteiger partial charge in [-0.25, -0.2) is 4.39 Å². The molecule has 2 unspecified atom stereocenters. The Balaban J connectivity index is 0.00000220. The number of hydrogen-bond acceptors (Lipinski definition) is 2. The largest absolute Gasteiger partial charge is 0.349 e. The SMILES string of the molecule is CC(NC(=O)C1CCCNC1)c1cc(F)c(Cl)cc1Cl.Cl. The first kappa shape index (κ1) is 18.5. The lowest BCUT2D eigenvalue weighted by molar-refractivity contribution is -0.126. The molecule has 0 radical (unpaired) electrons. The minimum Gasteiger partial charge on any atom is -0.349 e. The molecule has 1 aromatic rings. The van der Waals surface area contributed by atoms with E-state index in [0.717, 1.165) is 19.4 Å². The fourth-order valence-corrected chi connectivity index (χ4v) is 2.90. The second kappa shape index (κ2) is 8.18. The minimum atomic E-state index is -0.536. The molecule has 21 heavy (non-hydrogen) atoms. The summed E-state index contributed by atoms with van der Waals surface area (Å²) in [6.45, 7) is 3.41. The molecule has 0 saturated carbocycles. The number of amides is 1. The Labute approximate surface area is 140 Å². The van der Waals surface area contributed by atoms with Crippen LogP contribution in [-0.2, 0) is 4.79 Å². The summed E-state index contributed by atoms with van der Waals surface area (Å²) in [7, 11) is 0. The normalized spacial score (nSPS) is 19.5. The lowest BCUT2D eigenvalue weighted by atomic mass is 9.98. The van der Waals surface area contributed by atoms with Crippen molar-refractivity contribution in [3.63, 3.8) is 0 Å². The van der Waals surface area contributed by atoms with Crippen LogP contribution in [0.3, 0.4) is 0 Å². The Morgan fingerprint density at radius 1 is 1.43 bits per heavy atom. The molecule has 118 valence electrons. The lowest BCUT2D eigenvalue weighted by Crippen LogP contribution is -2.41. The lowest BCUT2D eigenvalue weighted by Gasteiger charge is -2.24. The van der Waals surface area contributed by atoms with Crippen molar-refractivity contribution in [3.8, 4) is 0 Å². The number of carbonyl (C=O) groups excluding carboxylic acids is 1. The summed E-state index contributed by atoms with van der Waals surface area (Å²) < 4.78 is 13.5. The van der Waals surface area contributed by atoms with Crippen molar-refractivity contribution in [2.24, 2.45) is 5.92 Å². The fraction of sp³-hybridized carbons (Fsp3) is 0.500. The molecule has 2 rings (SSSR count). The highest BCUT2D eigenvalue weighted by Gasteiger charge is 2.23. The van der Waals surface area contributed by atoms with Crippen molar-refractivity contribution >= 4 is 41.5 Å². The van der Waals surface area contributed by atoms with Crippen molar-refractivity contribution in [1.82, 2.24) is 10.6 Å². The van der Waals surface area contributed by atoms with Gasteiger partial charge in [0.2, 0.25) is 5.91 Å². The van der Waals surface area contributed by atoms with E-state index in [1.165, 1.54) is 12.1 Å². The Hall–Kier alpha value is -0.550. The molecule has 3 nitrogen and oxygen atoms in total. The molecule has 2 atom stereocenters. The van der Waals surface area contributed by atoms with E-state index >= 15 is 0 Å². The van der Waals surface area contributed by atoms with Gasteiger partial charge in [0.1, 0.15) is 5.82 Å². The Morgan fingerprint density at radius 3 is 2.76 bits per heavy atom. The number of benzene rings is 1. The first-order chi connectivity index (χ1) is 9.49. The Morgan fingerprint density at radius 2 is 2.14 bits per heavy atom. The van der Waals surface area contributed by atoms with Crippen molar-refractivity contribution in [3.05, 3.63) is 33.6 Å². The van der Waals surface area contributed by atoms with Gasteiger partial charge in [-0.05, 0) is 44.0 Å². The molecule has 1 saturated heterocycles. The molecule has 1 aliphatic rings. The molecule has 1 heterocycles. The molecular weight excluding hydrogens is 338 g/mol. The zero-order chi connectivity index (χ0) is 14.7. The minimum absolute atomic E-state index is 0. The Bertz CT molecular complexity index is 507. The van der Waals surface area contributed by atoms with E-state index in [4.69, 9.17) is 23.2 Å². The van der Waals surface area contributed by atoms with Crippen LogP contribution in [0.4, 0.5) is 4.39 Å². The average molecular weight is 356 g/mol. The predicted molar refractivity (Wildman–Crippen MR) is 85.8 cm³/mol. The zero-order valence-corrected chi connectivity index (χ0v) is 13.9. The molecule has 0 bridgehead atoms. The van der Waals surface area contributed by atoms with Crippen LogP contribution in [0, 0.1) is 11.7 Å². The summed E-state index contributed by atoms with van der Waals surface area (Å²) in [5.74, 6) is -0.607. The van der Waals surface area contributed by atoms with E-state index in [0.29, 0.717) is 17.1 Å². The molecule has 1 fully saturated rings. The van der Waals surface area contributed by atoms with E-state index in [2.05, 4.69) is 10.6 Å². The summed E-state index contributed by atoms with van der Waals surface area (Å²) in [5.41, 5.74) is 0.533. The number of rotatable bonds is 3. The van der Waals surface area contributed by atoms with Crippen LogP contribution in [0.1, 0.15) is 31.4 Å². The van der Waals surface area contributed by atoms with E-state index in [1.807, 2.05) is 0 Å². The van der Waals surface area contributed by atoms with Crippen molar-refractivity contribution in [1.29, 1.82) is 0 Å². The van der Waals surface area contributed by atoms with E-state index in [9.17, 15) is 9.18 Å². The molecule has 1 amide bonds. The molecule has 1 aromatic carbocycles.